The monoisotopic (exact) mass is 338 g/mol. The second kappa shape index (κ2) is 6.97. The number of benzene rings is 2. The number of hydrogen-bond acceptors (Lipinski definition) is 3. The molecule has 0 radical (unpaired) electrons. The number of nitrogens with one attached hydrogen (secondary N) is 1. The van der Waals surface area contributed by atoms with E-state index in [0.29, 0.717) is 18.7 Å². The van der Waals surface area contributed by atoms with E-state index in [1.54, 1.807) is 11.0 Å². The average Bonchev–Trinajstić information content (AvgIpc) is 2.96. The molecule has 1 heterocycles. The lowest BCUT2D eigenvalue weighted by molar-refractivity contribution is 0.0916. The molecule has 1 atom stereocenters. The molecule has 0 aliphatic carbocycles. The van der Waals surface area contributed by atoms with Gasteiger partial charge in [0.15, 0.2) is 0 Å². The summed E-state index contributed by atoms with van der Waals surface area (Å²) in [6.45, 7) is 6.68. The normalized spacial score (nSPS) is 16.7. The second-order valence-electron chi connectivity index (χ2n) is 6.46. The molecule has 1 N–H and O–H groups in total. The van der Waals surface area contributed by atoms with E-state index in [1.165, 1.54) is 0 Å². The van der Waals surface area contributed by atoms with Crippen LogP contribution in [-0.4, -0.2) is 31.2 Å². The van der Waals surface area contributed by atoms with Gasteiger partial charge in [-0.05, 0) is 61.7 Å². The number of anilines is 1. The van der Waals surface area contributed by atoms with Crippen LogP contribution in [0.15, 0.2) is 42.5 Å². The van der Waals surface area contributed by atoms with Crippen LogP contribution in [-0.2, 0) is 4.74 Å². The summed E-state index contributed by atoms with van der Waals surface area (Å²) in [4.78, 5) is 26.0. The Morgan fingerprint density at radius 1 is 1.16 bits per heavy atom. The third kappa shape index (κ3) is 3.82. The Morgan fingerprint density at radius 2 is 1.96 bits per heavy atom. The van der Waals surface area contributed by atoms with Crippen molar-refractivity contribution in [3.05, 3.63) is 64.7 Å². The summed E-state index contributed by atoms with van der Waals surface area (Å²) in [6.07, 6.45) is -0.737. The Balaban J connectivity index is 1.60. The molecule has 1 aliphatic rings. The number of amides is 2. The Kier molecular flexibility index (Phi) is 4.74. The summed E-state index contributed by atoms with van der Waals surface area (Å²) in [5, 5.41) is 2.85. The molecule has 1 saturated heterocycles. The average molecular weight is 338 g/mol. The molecule has 5 heteroatoms. The number of nitrogens with zero attached hydrogens (tertiary/aromatic N) is 1. The maximum atomic E-state index is 12.3. The molecule has 0 aromatic heterocycles. The number of cyclic esters (lactones) is 1. The van der Waals surface area contributed by atoms with Gasteiger partial charge in [0.1, 0.15) is 6.10 Å². The first-order chi connectivity index (χ1) is 11.9. The molecule has 3 rings (SSSR count). The van der Waals surface area contributed by atoms with E-state index >= 15 is 0 Å². The zero-order valence-electron chi connectivity index (χ0n) is 14.7. The number of carbonyl (C=O) groups is 2. The van der Waals surface area contributed by atoms with Crippen LogP contribution in [0.2, 0.25) is 0 Å². The van der Waals surface area contributed by atoms with Gasteiger partial charge in [-0.3, -0.25) is 9.69 Å². The molecule has 5 nitrogen and oxygen atoms in total. The highest BCUT2D eigenvalue weighted by Gasteiger charge is 2.32. The molecule has 2 amide bonds. The predicted octanol–water partition coefficient (Wildman–Crippen LogP) is 3.37. The number of rotatable bonds is 4. The quantitative estimate of drug-likeness (QED) is 0.930. The second-order valence-corrected chi connectivity index (χ2v) is 6.46. The van der Waals surface area contributed by atoms with Gasteiger partial charge in [-0.2, -0.15) is 0 Å². The third-order valence-corrected chi connectivity index (χ3v) is 4.45. The Morgan fingerprint density at radius 3 is 2.68 bits per heavy atom. The van der Waals surface area contributed by atoms with Crippen molar-refractivity contribution in [2.24, 2.45) is 0 Å². The molecular formula is C20H22N2O3. The lowest BCUT2D eigenvalue weighted by Gasteiger charge is -2.13. The van der Waals surface area contributed by atoms with Crippen molar-refractivity contribution in [3.63, 3.8) is 0 Å². The van der Waals surface area contributed by atoms with E-state index in [0.717, 1.165) is 22.4 Å². The highest BCUT2D eigenvalue weighted by molar-refractivity contribution is 5.94. The lowest BCUT2D eigenvalue weighted by atomic mass is 10.1. The Bertz CT molecular complexity index is 816. The first kappa shape index (κ1) is 17.0. The van der Waals surface area contributed by atoms with Gasteiger partial charge in [0, 0.05) is 11.3 Å². The van der Waals surface area contributed by atoms with Gasteiger partial charge < -0.3 is 10.1 Å². The zero-order valence-corrected chi connectivity index (χ0v) is 14.7. The zero-order chi connectivity index (χ0) is 18.0. The number of aryl methyl sites for hydroxylation is 3. The minimum absolute atomic E-state index is 0.159. The summed E-state index contributed by atoms with van der Waals surface area (Å²) in [6, 6.07) is 13.3. The molecule has 0 saturated carbocycles. The SMILES string of the molecule is Cc1cccc(N2CC(CNC(=O)c3ccc(C)c(C)c3)OC2=O)c1. The molecule has 2 aromatic carbocycles. The summed E-state index contributed by atoms with van der Waals surface area (Å²) >= 11 is 0. The summed E-state index contributed by atoms with van der Waals surface area (Å²) in [7, 11) is 0. The predicted molar refractivity (Wildman–Crippen MR) is 97.0 cm³/mol. The molecule has 130 valence electrons. The number of hydrogen-bond donors (Lipinski definition) is 1. The van der Waals surface area contributed by atoms with Crippen molar-refractivity contribution >= 4 is 17.7 Å². The van der Waals surface area contributed by atoms with Crippen molar-refractivity contribution in [3.8, 4) is 0 Å². The smallest absolute Gasteiger partial charge is 0.414 e. The molecule has 0 bridgehead atoms. The van der Waals surface area contributed by atoms with Gasteiger partial charge in [-0.25, -0.2) is 4.79 Å². The minimum atomic E-state index is -0.379. The molecule has 1 aliphatic heterocycles. The summed E-state index contributed by atoms with van der Waals surface area (Å²) < 4.78 is 5.37. The highest BCUT2D eigenvalue weighted by atomic mass is 16.6. The van der Waals surface area contributed by atoms with Gasteiger partial charge in [-0.15, -0.1) is 0 Å². The van der Waals surface area contributed by atoms with Gasteiger partial charge in [0.2, 0.25) is 0 Å². The van der Waals surface area contributed by atoms with Crippen molar-refractivity contribution in [1.82, 2.24) is 5.32 Å². The fourth-order valence-corrected chi connectivity index (χ4v) is 2.83. The number of carbonyl (C=O) groups excluding carboxylic acids is 2. The van der Waals surface area contributed by atoms with Crippen LogP contribution in [0.4, 0.5) is 10.5 Å². The van der Waals surface area contributed by atoms with Crippen LogP contribution in [0, 0.1) is 20.8 Å². The molecule has 0 spiro atoms. The summed E-state index contributed by atoms with van der Waals surface area (Å²) in [5.74, 6) is -0.159. The van der Waals surface area contributed by atoms with Crippen LogP contribution >= 0.6 is 0 Å². The fraction of sp³-hybridized carbons (Fsp3) is 0.300. The lowest BCUT2D eigenvalue weighted by Crippen LogP contribution is -2.34. The van der Waals surface area contributed by atoms with Crippen molar-refractivity contribution in [2.75, 3.05) is 18.0 Å². The van der Waals surface area contributed by atoms with Gasteiger partial charge >= 0.3 is 6.09 Å². The minimum Gasteiger partial charge on any atom is -0.442 e. The Hall–Kier alpha value is -2.82. The maximum Gasteiger partial charge on any atom is 0.414 e. The van der Waals surface area contributed by atoms with Crippen molar-refractivity contribution < 1.29 is 14.3 Å². The van der Waals surface area contributed by atoms with Crippen LogP contribution in [0.25, 0.3) is 0 Å². The first-order valence-electron chi connectivity index (χ1n) is 8.34. The van der Waals surface area contributed by atoms with E-state index in [4.69, 9.17) is 4.74 Å². The Labute approximate surface area is 147 Å². The molecule has 25 heavy (non-hydrogen) atoms. The van der Waals surface area contributed by atoms with Crippen LogP contribution in [0.3, 0.4) is 0 Å². The molecular weight excluding hydrogens is 316 g/mol. The van der Waals surface area contributed by atoms with E-state index in [2.05, 4.69) is 5.32 Å². The molecule has 1 fully saturated rings. The topological polar surface area (TPSA) is 58.6 Å². The van der Waals surface area contributed by atoms with Crippen LogP contribution in [0.5, 0.6) is 0 Å². The highest BCUT2D eigenvalue weighted by Crippen LogP contribution is 2.22. The standard InChI is InChI=1S/C20H22N2O3/c1-13-5-4-6-17(9-13)22-12-18(25-20(22)24)11-21-19(23)16-8-7-14(2)15(3)10-16/h4-10,18H,11-12H2,1-3H3,(H,21,23). The van der Waals surface area contributed by atoms with Gasteiger partial charge in [0.05, 0.1) is 13.1 Å². The number of ether oxygens (including phenoxy) is 1. The van der Waals surface area contributed by atoms with E-state index in [1.807, 2.05) is 57.2 Å². The van der Waals surface area contributed by atoms with Gasteiger partial charge in [0.25, 0.3) is 5.91 Å². The largest absolute Gasteiger partial charge is 0.442 e. The summed E-state index contributed by atoms with van der Waals surface area (Å²) in [5.41, 5.74) is 4.73. The molecule has 2 aromatic rings. The third-order valence-electron chi connectivity index (χ3n) is 4.45. The molecule has 1 unspecified atom stereocenters. The fourth-order valence-electron chi connectivity index (χ4n) is 2.83. The first-order valence-corrected chi connectivity index (χ1v) is 8.34. The van der Waals surface area contributed by atoms with Crippen LogP contribution in [0.1, 0.15) is 27.0 Å². The maximum absolute atomic E-state index is 12.3. The van der Waals surface area contributed by atoms with Crippen molar-refractivity contribution in [2.45, 2.75) is 26.9 Å². The van der Waals surface area contributed by atoms with Gasteiger partial charge in [-0.1, -0.05) is 18.2 Å². The van der Waals surface area contributed by atoms with Crippen molar-refractivity contribution in [1.29, 1.82) is 0 Å². The van der Waals surface area contributed by atoms with E-state index < -0.39 is 0 Å². The van der Waals surface area contributed by atoms with E-state index in [9.17, 15) is 9.59 Å². The van der Waals surface area contributed by atoms with Crippen LogP contribution < -0.4 is 10.2 Å². The van der Waals surface area contributed by atoms with E-state index in [-0.39, 0.29) is 18.1 Å².